The molecule has 2 rings (SSSR count). The summed E-state index contributed by atoms with van der Waals surface area (Å²) in [7, 11) is 0. The largest absolute Gasteiger partial charge is 0.452 e. The average molecular weight is 408 g/mol. The minimum atomic E-state index is -0.0353. The molecule has 0 saturated heterocycles. The van der Waals surface area contributed by atoms with Crippen LogP contribution in [-0.4, -0.2) is 6.54 Å². The summed E-state index contributed by atoms with van der Waals surface area (Å²) in [4.78, 5) is 0. The van der Waals surface area contributed by atoms with E-state index in [1.807, 2.05) is 30.3 Å². The van der Waals surface area contributed by atoms with E-state index in [2.05, 4.69) is 44.1 Å². The van der Waals surface area contributed by atoms with Crippen LogP contribution in [0.2, 0.25) is 5.02 Å². The highest BCUT2D eigenvalue weighted by molar-refractivity contribution is 9.10. The van der Waals surface area contributed by atoms with E-state index in [0.29, 0.717) is 0 Å². The van der Waals surface area contributed by atoms with Crippen molar-refractivity contribution in [2.24, 2.45) is 0 Å². The number of rotatable bonds is 5. The Morgan fingerprint density at radius 3 is 2.63 bits per heavy atom. The van der Waals surface area contributed by atoms with Gasteiger partial charge in [-0.25, -0.2) is 0 Å². The lowest BCUT2D eigenvalue weighted by atomic mass is 10.0. The third-order valence-electron chi connectivity index (χ3n) is 2.75. The third-order valence-corrected chi connectivity index (χ3v) is 4.00. The fourth-order valence-corrected chi connectivity index (χ4v) is 2.97. The van der Waals surface area contributed by atoms with Gasteiger partial charge in [0.25, 0.3) is 0 Å². The number of nitrogens with one attached hydrogen (secondary N) is 1. The summed E-state index contributed by atoms with van der Waals surface area (Å²) in [6, 6.07) is 9.70. The maximum atomic E-state index is 6.34. The van der Waals surface area contributed by atoms with Gasteiger partial charge < -0.3 is 9.73 Å². The summed E-state index contributed by atoms with van der Waals surface area (Å²) in [6.07, 6.45) is 1.05. The van der Waals surface area contributed by atoms with Crippen LogP contribution in [0.15, 0.2) is 43.9 Å². The van der Waals surface area contributed by atoms with E-state index in [1.54, 1.807) is 0 Å². The van der Waals surface area contributed by atoms with Crippen molar-refractivity contribution in [2.75, 3.05) is 6.54 Å². The van der Waals surface area contributed by atoms with Gasteiger partial charge in [-0.15, -0.1) is 0 Å². The lowest BCUT2D eigenvalue weighted by Crippen LogP contribution is -2.23. The Kier molecular flexibility index (Phi) is 5.51. The molecule has 1 unspecified atom stereocenters. The summed E-state index contributed by atoms with van der Waals surface area (Å²) in [5.41, 5.74) is 1.01. The second kappa shape index (κ2) is 6.93. The number of hydrogen-bond donors (Lipinski definition) is 1. The molecule has 5 heteroatoms. The molecule has 19 heavy (non-hydrogen) atoms. The van der Waals surface area contributed by atoms with Crippen LogP contribution in [0.5, 0.6) is 0 Å². The first-order valence-corrected chi connectivity index (χ1v) is 8.01. The molecule has 102 valence electrons. The van der Waals surface area contributed by atoms with Crippen molar-refractivity contribution in [1.29, 1.82) is 0 Å². The predicted molar refractivity (Wildman–Crippen MR) is 85.7 cm³/mol. The van der Waals surface area contributed by atoms with Gasteiger partial charge in [-0.05, 0) is 58.7 Å². The Labute approximate surface area is 134 Å². The maximum Gasteiger partial charge on any atom is 0.169 e. The van der Waals surface area contributed by atoms with Gasteiger partial charge in [0.2, 0.25) is 0 Å². The van der Waals surface area contributed by atoms with E-state index in [1.165, 1.54) is 0 Å². The minimum Gasteiger partial charge on any atom is -0.452 e. The van der Waals surface area contributed by atoms with Crippen molar-refractivity contribution in [2.45, 2.75) is 19.4 Å². The lowest BCUT2D eigenvalue weighted by molar-refractivity contribution is 0.433. The highest BCUT2D eigenvalue weighted by Crippen LogP contribution is 2.32. The average Bonchev–Trinajstić information content (AvgIpc) is 2.78. The molecule has 0 spiro atoms. The van der Waals surface area contributed by atoms with Crippen LogP contribution in [0.25, 0.3) is 0 Å². The zero-order valence-electron chi connectivity index (χ0n) is 10.4. The molecule has 2 aromatic rings. The van der Waals surface area contributed by atoms with Crippen molar-refractivity contribution in [1.82, 2.24) is 5.32 Å². The summed E-state index contributed by atoms with van der Waals surface area (Å²) in [6.45, 7) is 3.03. The molecule has 0 aliphatic rings. The normalized spacial score (nSPS) is 12.6. The van der Waals surface area contributed by atoms with Crippen LogP contribution < -0.4 is 5.32 Å². The molecule has 0 radical (unpaired) electrons. The highest BCUT2D eigenvalue weighted by atomic mass is 79.9. The Hall–Kier alpha value is -0.290. The van der Waals surface area contributed by atoms with Gasteiger partial charge in [-0.2, -0.15) is 0 Å². The van der Waals surface area contributed by atoms with Gasteiger partial charge in [0.15, 0.2) is 4.67 Å². The summed E-state index contributed by atoms with van der Waals surface area (Å²) in [5, 5.41) is 4.18. The fourth-order valence-electron chi connectivity index (χ4n) is 1.87. The minimum absolute atomic E-state index is 0.0353. The summed E-state index contributed by atoms with van der Waals surface area (Å²) >= 11 is 13.1. The maximum absolute atomic E-state index is 6.34. The molecule has 1 heterocycles. The number of furan rings is 1. The second-order valence-electron chi connectivity index (χ2n) is 4.19. The Bertz CT molecular complexity index is 556. The molecule has 0 fully saturated rings. The first kappa shape index (κ1) is 15.1. The van der Waals surface area contributed by atoms with E-state index < -0.39 is 0 Å². The molecule has 1 aromatic heterocycles. The molecule has 1 N–H and O–H groups in total. The molecule has 0 bridgehead atoms. The lowest BCUT2D eigenvalue weighted by Gasteiger charge is -2.18. The molecule has 1 atom stereocenters. The van der Waals surface area contributed by atoms with E-state index in [-0.39, 0.29) is 6.04 Å². The first-order chi connectivity index (χ1) is 9.11. The van der Waals surface area contributed by atoms with Crippen molar-refractivity contribution in [3.8, 4) is 0 Å². The van der Waals surface area contributed by atoms with Crippen LogP contribution in [0.1, 0.15) is 30.7 Å². The van der Waals surface area contributed by atoms with Crippen LogP contribution in [0.4, 0.5) is 0 Å². The smallest absolute Gasteiger partial charge is 0.169 e. The van der Waals surface area contributed by atoms with E-state index in [9.17, 15) is 0 Å². The molecular weight excluding hydrogens is 393 g/mol. The highest BCUT2D eigenvalue weighted by Gasteiger charge is 2.19. The molecule has 2 nitrogen and oxygen atoms in total. The fraction of sp³-hybridized carbons (Fsp3) is 0.286. The third kappa shape index (κ3) is 3.85. The number of halogens is 3. The van der Waals surface area contributed by atoms with Gasteiger partial charge in [0.1, 0.15) is 5.76 Å². The van der Waals surface area contributed by atoms with Gasteiger partial charge >= 0.3 is 0 Å². The zero-order valence-corrected chi connectivity index (χ0v) is 14.3. The number of hydrogen-bond acceptors (Lipinski definition) is 2. The van der Waals surface area contributed by atoms with Crippen LogP contribution >= 0.6 is 43.5 Å². The molecule has 1 aromatic carbocycles. The molecule has 0 aliphatic carbocycles. The SMILES string of the molecule is CCCNC(c1ccc(Br)o1)c1ccc(Br)cc1Cl. The van der Waals surface area contributed by atoms with Gasteiger partial charge in [-0.1, -0.05) is 40.5 Å². The Balaban J connectivity index is 2.36. The van der Waals surface area contributed by atoms with Crippen molar-refractivity contribution in [3.05, 3.63) is 55.8 Å². The summed E-state index contributed by atoms with van der Waals surface area (Å²) in [5.74, 6) is 0.851. The van der Waals surface area contributed by atoms with Crippen molar-refractivity contribution >= 4 is 43.5 Å². The monoisotopic (exact) mass is 405 g/mol. The standard InChI is InChI=1S/C14H14Br2ClNO/c1-2-7-18-14(12-5-6-13(16)19-12)10-4-3-9(15)8-11(10)17/h3-6,8,14,18H,2,7H2,1H3. The van der Waals surface area contributed by atoms with Crippen LogP contribution in [0, 0.1) is 0 Å². The molecule has 0 aliphatic heterocycles. The molecule has 0 saturated carbocycles. The zero-order chi connectivity index (χ0) is 13.8. The Morgan fingerprint density at radius 1 is 1.26 bits per heavy atom. The van der Waals surface area contributed by atoms with Gasteiger partial charge in [0, 0.05) is 9.50 Å². The molecule has 0 amide bonds. The van der Waals surface area contributed by atoms with Crippen LogP contribution in [-0.2, 0) is 0 Å². The van der Waals surface area contributed by atoms with Crippen molar-refractivity contribution < 1.29 is 4.42 Å². The quantitative estimate of drug-likeness (QED) is 0.703. The second-order valence-corrected chi connectivity index (χ2v) is 6.30. The van der Waals surface area contributed by atoms with Crippen molar-refractivity contribution in [3.63, 3.8) is 0 Å². The van der Waals surface area contributed by atoms with Gasteiger partial charge in [-0.3, -0.25) is 0 Å². The first-order valence-electron chi connectivity index (χ1n) is 6.05. The Morgan fingerprint density at radius 2 is 2.05 bits per heavy atom. The van der Waals surface area contributed by atoms with Gasteiger partial charge in [0.05, 0.1) is 6.04 Å². The number of benzene rings is 1. The van der Waals surface area contributed by atoms with E-state index >= 15 is 0 Å². The van der Waals surface area contributed by atoms with E-state index in [0.717, 1.165) is 38.5 Å². The predicted octanol–water partition coefficient (Wildman–Crippen LogP) is 5.55. The van der Waals surface area contributed by atoms with E-state index in [4.69, 9.17) is 16.0 Å². The topological polar surface area (TPSA) is 25.2 Å². The molecular formula is C14H14Br2ClNO. The van der Waals surface area contributed by atoms with Crippen LogP contribution in [0.3, 0.4) is 0 Å². The summed E-state index contributed by atoms with van der Waals surface area (Å²) < 4.78 is 7.36.